The van der Waals surface area contributed by atoms with E-state index in [1.165, 1.54) is 11.8 Å². The van der Waals surface area contributed by atoms with E-state index < -0.39 is 6.04 Å². The number of ether oxygens (including phenoxy) is 1. The van der Waals surface area contributed by atoms with Gasteiger partial charge in [-0.1, -0.05) is 48.3 Å². The molecular weight excluding hydrogens is 479 g/mol. The summed E-state index contributed by atoms with van der Waals surface area (Å²) < 4.78 is 5.23. The van der Waals surface area contributed by atoms with E-state index in [1.807, 2.05) is 58.0 Å². The Kier molecular flexibility index (Phi) is 10.4. The number of carbonyl (C=O) groups excluding carboxylic acids is 2. The maximum atomic E-state index is 13.3. The molecule has 0 saturated carbocycles. The van der Waals surface area contributed by atoms with Crippen molar-refractivity contribution in [2.45, 2.75) is 58.0 Å². The van der Waals surface area contributed by atoms with Crippen LogP contribution in [-0.2, 0) is 21.9 Å². The lowest BCUT2D eigenvalue weighted by atomic mass is 10.1. The average molecular weight is 512 g/mol. The normalized spacial score (nSPS) is 12.2. The minimum atomic E-state index is -0.571. The summed E-state index contributed by atoms with van der Waals surface area (Å²) in [5, 5.41) is 4.17. The number of carbonyl (C=O) groups is 2. The highest BCUT2D eigenvalue weighted by atomic mass is 35.5. The highest BCUT2D eigenvalue weighted by molar-refractivity contribution is 7.99. The van der Waals surface area contributed by atoms with Crippen LogP contribution < -0.4 is 10.1 Å². The first-order chi connectivity index (χ1) is 15.5. The lowest BCUT2D eigenvalue weighted by molar-refractivity contribution is -0.140. The van der Waals surface area contributed by atoms with Crippen molar-refractivity contribution in [3.05, 3.63) is 63.6 Å². The van der Waals surface area contributed by atoms with Crippen molar-refractivity contribution < 1.29 is 14.3 Å². The first-order valence-corrected chi connectivity index (χ1v) is 12.7. The first kappa shape index (κ1) is 27.4. The van der Waals surface area contributed by atoms with Crippen LogP contribution in [0.5, 0.6) is 5.75 Å². The number of hydrogen-bond donors (Lipinski definition) is 1. The average Bonchev–Trinajstić information content (AvgIpc) is 2.74. The quantitative estimate of drug-likeness (QED) is 0.428. The van der Waals surface area contributed by atoms with Crippen LogP contribution >= 0.6 is 35.0 Å². The maximum Gasteiger partial charge on any atom is 0.243 e. The Morgan fingerprint density at radius 1 is 1.12 bits per heavy atom. The molecule has 0 unspecified atom stereocenters. The fourth-order valence-corrected chi connectivity index (χ4v) is 4.74. The molecule has 0 bridgehead atoms. The molecule has 0 aliphatic heterocycles. The number of methoxy groups -OCH3 is 1. The van der Waals surface area contributed by atoms with Crippen LogP contribution in [0, 0.1) is 0 Å². The molecule has 0 aromatic heterocycles. The van der Waals surface area contributed by atoms with Crippen molar-refractivity contribution in [2.24, 2.45) is 0 Å². The van der Waals surface area contributed by atoms with Gasteiger partial charge in [-0.3, -0.25) is 9.59 Å². The van der Waals surface area contributed by atoms with Crippen LogP contribution in [0.25, 0.3) is 0 Å². The minimum absolute atomic E-state index is 0.100. The third-order valence-corrected chi connectivity index (χ3v) is 6.45. The van der Waals surface area contributed by atoms with E-state index in [9.17, 15) is 9.59 Å². The number of rotatable bonds is 10. The summed E-state index contributed by atoms with van der Waals surface area (Å²) in [5.41, 5.74) is 1.45. The second-order valence-electron chi connectivity index (χ2n) is 8.76. The lowest BCUT2D eigenvalue weighted by Crippen LogP contribution is -2.53. The molecular formula is C25H32Cl2N2O3S. The van der Waals surface area contributed by atoms with Crippen molar-refractivity contribution >= 4 is 46.8 Å². The standard InChI is InChI=1S/C25H32Cl2N2O3S/c1-6-22(24(31)28-25(2,3)4)29(14-17-7-11-20(32-5)12-8-17)23(30)16-33-15-18-9-10-19(26)13-21(18)27/h7-13,22H,6,14-16H2,1-5H3,(H,28,31)/t22-/m0/s1. The molecule has 0 radical (unpaired) electrons. The second kappa shape index (κ2) is 12.5. The zero-order valence-corrected chi connectivity index (χ0v) is 22.1. The van der Waals surface area contributed by atoms with Gasteiger partial charge in [0.05, 0.1) is 12.9 Å². The van der Waals surface area contributed by atoms with E-state index in [4.69, 9.17) is 27.9 Å². The van der Waals surface area contributed by atoms with Gasteiger partial charge in [-0.2, -0.15) is 0 Å². The summed E-state index contributed by atoms with van der Waals surface area (Å²) in [5.74, 6) is 1.29. The Morgan fingerprint density at radius 2 is 1.79 bits per heavy atom. The van der Waals surface area contributed by atoms with E-state index in [-0.39, 0.29) is 23.1 Å². The fraction of sp³-hybridized carbons (Fsp3) is 0.440. The van der Waals surface area contributed by atoms with Crippen LogP contribution in [0.1, 0.15) is 45.2 Å². The molecule has 0 saturated heterocycles. The number of hydrogen-bond acceptors (Lipinski definition) is 4. The van der Waals surface area contributed by atoms with Crippen molar-refractivity contribution in [1.29, 1.82) is 0 Å². The van der Waals surface area contributed by atoms with Gasteiger partial charge in [-0.05, 0) is 62.6 Å². The van der Waals surface area contributed by atoms with Gasteiger partial charge in [0.15, 0.2) is 0 Å². The molecule has 2 aromatic carbocycles. The Labute approximate surface area is 211 Å². The molecule has 1 N–H and O–H groups in total. The number of benzene rings is 2. The molecule has 0 spiro atoms. The molecule has 1 atom stereocenters. The molecule has 33 heavy (non-hydrogen) atoms. The fourth-order valence-electron chi connectivity index (χ4n) is 3.27. The largest absolute Gasteiger partial charge is 0.497 e. The first-order valence-electron chi connectivity index (χ1n) is 10.8. The molecule has 0 aliphatic rings. The molecule has 2 aromatic rings. The monoisotopic (exact) mass is 510 g/mol. The summed E-state index contributed by atoms with van der Waals surface area (Å²) in [6, 6.07) is 12.3. The lowest BCUT2D eigenvalue weighted by Gasteiger charge is -2.33. The highest BCUT2D eigenvalue weighted by Crippen LogP contribution is 2.25. The van der Waals surface area contributed by atoms with Gasteiger partial charge in [0.2, 0.25) is 11.8 Å². The summed E-state index contributed by atoms with van der Waals surface area (Å²) >= 11 is 13.7. The SMILES string of the molecule is CC[C@@H](C(=O)NC(C)(C)C)N(Cc1ccc(OC)cc1)C(=O)CSCc1ccc(Cl)cc1Cl. The zero-order valence-electron chi connectivity index (χ0n) is 19.8. The van der Waals surface area contributed by atoms with Gasteiger partial charge >= 0.3 is 0 Å². The van der Waals surface area contributed by atoms with E-state index >= 15 is 0 Å². The molecule has 2 rings (SSSR count). The molecule has 180 valence electrons. The van der Waals surface area contributed by atoms with Crippen molar-refractivity contribution in [3.8, 4) is 5.75 Å². The van der Waals surface area contributed by atoms with Crippen molar-refractivity contribution in [2.75, 3.05) is 12.9 Å². The molecule has 0 fully saturated rings. The second-order valence-corrected chi connectivity index (χ2v) is 10.6. The van der Waals surface area contributed by atoms with Gasteiger partial charge in [0, 0.05) is 27.9 Å². The van der Waals surface area contributed by atoms with Crippen LogP contribution in [-0.4, -0.2) is 41.2 Å². The third kappa shape index (κ3) is 8.76. The molecule has 8 heteroatoms. The topological polar surface area (TPSA) is 58.6 Å². The summed E-state index contributed by atoms with van der Waals surface area (Å²) in [6.07, 6.45) is 0.511. The number of amides is 2. The Hall–Kier alpha value is -1.89. The van der Waals surface area contributed by atoms with Crippen molar-refractivity contribution in [1.82, 2.24) is 10.2 Å². The number of halogens is 2. The summed E-state index contributed by atoms with van der Waals surface area (Å²) in [4.78, 5) is 28.0. The van der Waals surface area contributed by atoms with Gasteiger partial charge < -0.3 is 15.0 Å². The predicted molar refractivity (Wildman–Crippen MR) is 138 cm³/mol. The van der Waals surface area contributed by atoms with Crippen molar-refractivity contribution in [3.63, 3.8) is 0 Å². The molecule has 0 heterocycles. The van der Waals surface area contributed by atoms with E-state index in [0.717, 1.165) is 16.9 Å². The van der Waals surface area contributed by atoms with Gasteiger partial charge in [-0.15, -0.1) is 11.8 Å². The number of nitrogens with one attached hydrogen (secondary N) is 1. The van der Waals surface area contributed by atoms with E-state index in [1.54, 1.807) is 24.1 Å². The van der Waals surface area contributed by atoms with E-state index in [2.05, 4.69) is 5.32 Å². The zero-order chi connectivity index (χ0) is 24.6. The predicted octanol–water partition coefficient (Wildman–Crippen LogP) is 5.96. The summed E-state index contributed by atoms with van der Waals surface area (Å²) in [7, 11) is 1.61. The van der Waals surface area contributed by atoms with Crippen LogP contribution in [0.3, 0.4) is 0 Å². The Balaban J connectivity index is 2.17. The van der Waals surface area contributed by atoms with Gasteiger partial charge in [0.1, 0.15) is 11.8 Å². The molecule has 0 aliphatic carbocycles. The van der Waals surface area contributed by atoms with Crippen LogP contribution in [0.4, 0.5) is 0 Å². The summed E-state index contributed by atoms with van der Waals surface area (Å²) in [6.45, 7) is 8.04. The van der Waals surface area contributed by atoms with E-state index in [0.29, 0.717) is 28.8 Å². The van der Waals surface area contributed by atoms with Gasteiger partial charge in [0.25, 0.3) is 0 Å². The highest BCUT2D eigenvalue weighted by Gasteiger charge is 2.30. The number of thioether (sulfide) groups is 1. The maximum absolute atomic E-state index is 13.3. The molecule has 2 amide bonds. The van der Waals surface area contributed by atoms with Crippen LogP contribution in [0.2, 0.25) is 10.0 Å². The minimum Gasteiger partial charge on any atom is -0.497 e. The van der Waals surface area contributed by atoms with Crippen LogP contribution in [0.15, 0.2) is 42.5 Å². The van der Waals surface area contributed by atoms with Gasteiger partial charge in [-0.25, -0.2) is 0 Å². The number of nitrogens with zero attached hydrogens (tertiary/aromatic N) is 1. The molecule has 5 nitrogen and oxygen atoms in total. The Bertz CT molecular complexity index is 946. The third-order valence-electron chi connectivity index (χ3n) is 4.89. The Morgan fingerprint density at radius 3 is 2.33 bits per heavy atom. The smallest absolute Gasteiger partial charge is 0.243 e.